The summed E-state index contributed by atoms with van der Waals surface area (Å²) in [6.45, 7) is 0. The predicted molar refractivity (Wildman–Crippen MR) is 63.3 cm³/mol. The van der Waals surface area contributed by atoms with E-state index in [2.05, 4.69) is 5.10 Å². The van der Waals surface area contributed by atoms with Crippen LogP contribution in [0.25, 0.3) is 11.1 Å². The second kappa shape index (κ2) is 4.14. The molecule has 2 rings (SSSR count). The Morgan fingerprint density at radius 3 is 2.29 bits per heavy atom. The number of aldehydes is 1. The highest BCUT2D eigenvalue weighted by Crippen LogP contribution is 2.19. The van der Waals surface area contributed by atoms with Crippen LogP contribution >= 0.6 is 0 Å². The number of carbonyl (C=O) groups excluding carboxylic acids is 1. The van der Waals surface area contributed by atoms with E-state index < -0.39 is 10.0 Å². The summed E-state index contributed by atoms with van der Waals surface area (Å²) in [4.78, 5) is 10.5. The van der Waals surface area contributed by atoms with Gasteiger partial charge in [-0.05, 0) is 5.56 Å². The van der Waals surface area contributed by atoms with Crippen molar-refractivity contribution in [1.82, 2.24) is 9.19 Å². The van der Waals surface area contributed by atoms with E-state index in [9.17, 15) is 13.2 Å². The molecule has 0 bridgehead atoms. The van der Waals surface area contributed by atoms with Crippen LogP contribution in [0.2, 0.25) is 0 Å². The summed E-state index contributed by atoms with van der Waals surface area (Å²) in [7, 11) is -3.35. The van der Waals surface area contributed by atoms with E-state index in [1.54, 1.807) is 24.3 Å². The molecular weight excluding hydrogens is 240 g/mol. The van der Waals surface area contributed by atoms with Crippen molar-refractivity contribution in [1.29, 1.82) is 0 Å². The van der Waals surface area contributed by atoms with Crippen LogP contribution in [0.4, 0.5) is 0 Å². The third-order valence-electron chi connectivity index (χ3n) is 2.28. The number of nitrogens with zero attached hydrogens (tertiary/aromatic N) is 2. The van der Waals surface area contributed by atoms with Crippen LogP contribution in [0.3, 0.4) is 0 Å². The van der Waals surface area contributed by atoms with Gasteiger partial charge in [0.05, 0.1) is 18.6 Å². The minimum atomic E-state index is -3.35. The van der Waals surface area contributed by atoms with Gasteiger partial charge in [0.2, 0.25) is 0 Å². The van der Waals surface area contributed by atoms with Crippen molar-refractivity contribution in [2.75, 3.05) is 6.26 Å². The molecule has 0 amide bonds. The minimum Gasteiger partial charge on any atom is -0.298 e. The number of benzene rings is 1. The standard InChI is InChI=1S/C11H10N2O3S/c1-17(15,16)13-7-11(6-12-13)10-4-2-9(8-14)3-5-10/h2-8H,1H3. The van der Waals surface area contributed by atoms with Gasteiger partial charge in [-0.15, -0.1) is 0 Å². The highest BCUT2D eigenvalue weighted by Gasteiger charge is 2.08. The average Bonchev–Trinajstić information content (AvgIpc) is 2.78. The van der Waals surface area contributed by atoms with Crippen molar-refractivity contribution in [2.45, 2.75) is 0 Å². The molecule has 0 radical (unpaired) electrons. The van der Waals surface area contributed by atoms with Gasteiger partial charge in [0.25, 0.3) is 10.0 Å². The Morgan fingerprint density at radius 2 is 1.82 bits per heavy atom. The van der Waals surface area contributed by atoms with E-state index in [0.29, 0.717) is 11.1 Å². The molecule has 0 atom stereocenters. The Morgan fingerprint density at radius 1 is 1.18 bits per heavy atom. The topological polar surface area (TPSA) is 69.0 Å². The molecule has 0 saturated carbocycles. The summed E-state index contributed by atoms with van der Waals surface area (Å²) in [5, 5.41) is 3.77. The zero-order chi connectivity index (χ0) is 12.5. The van der Waals surface area contributed by atoms with Crippen LogP contribution in [0.15, 0.2) is 36.7 Å². The van der Waals surface area contributed by atoms with Crippen LogP contribution in [0.1, 0.15) is 10.4 Å². The molecule has 5 nitrogen and oxygen atoms in total. The molecule has 0 aliphatic rings. The van der Waals surface area contributed by atoms with E-state index >= 15 is 0 Å². The average molecular weight is 250 g/mol. The highest BCUT2D eigenvalue weighted by atomic mass is 32.2. The first kappa shape index (κ1) is 11.5. The number of carbonyl (C=O) groups is 1. The lowest BCUT2D eigenvalue weighted by Gasteiger charge is -1.97. The normalized spacial score (nSPS) is 11.4. The molecule has 0 fully saturated rings. The largest absolute Gasteiger partial charge is 0.298 e. The fourth-order valence-corrected chi connectivity index (χ4v) is 1.91. The summed E-state index contributed by atoms with van der Waals surface area (Å²) in [5.41, 5.74) is 2.07. The van der Waals surface area contributed by atoms with Crippen LogP contribution < -0.4 is 0 Å². The van der Waals surface area contributed by atoms with Crippen LogP contribution in [0, 0.1) is 0 Å². The van der Waals surface area contributed by atoms with E-state index in [4.69, 9.17) is 0 Å². The number of aromatic nitrogens is 2. The van der Waals surface area contributed by atoms with E-state index in [1.807, 2.05) is 0 Å². The van der Waals surface area contributed by atoms with Crippen molar-refractivity contribution in [2.24, 2.45) is 0 Å². The predicted octanol–water partition coefficient (Wildman–Crippen LogP) is 1.17. The second-order valence-electron chi connectivity index (χ2n) is 3.60. The van der Waals surface area contributed by atoms with Gasteiger partial charge in [-0.25, -0.2) is 8.42 Å². The maximum Gasteiger partial charge on any atom is 0.250 e. The molecule has 6 heteroatoms. The number of rotatable bonds is 3. The Balaban J connectivity index is 2.40. The Kier molecular flexibility index (Phi) is 2.81. The van der Waals surface area contributed by atoms with Crippen molar-refractivity contribution >= 4 is 16.3 Å². The summed E-state index contributed by atoms with van der Waals surface area (Å²) in [6, 6.07) is 6.82. The number of hydrogen-bond donors (Lipinski definition) is 0. The monoisotopic (exact) mass is 250 g/mol. The maximum absolute atomic E-state index is 11.2. The summed E-state index contributed by atoms with van der Waals surface area (Å²) < 4.78 is 23.4. The maximum atomic E-state index is 11.2. The minimum absolute atomic E-state index is 0.573. The molecule has 88 valence electrons. The molecule has 2 aromatic rings. The lowest BCUT2D eigenvalue weighted by atomic mass is 10.1. The molecule has 1 aromatic carbocycles. The van der Waals surface area contributed by atoms with Gasteiger partial charge in [0.15, 0.2) is 0 Å². The van der Waals surface area contributed by atoms with E-state index in [1.165, 1.54) is 12.4 Å². The zero-order valence-electron chi connectivity index (χ0n) is 9.07. The van der Waals surface area contributed by atoms with Gasteiger partial charge >= 0.3 is 0 Å². The Bertz CT molecular complexity index is 642. The molecule has 0 unspecified atom stereocenters. The molecule has 0 spiro atoms. The van der Waals surface area contributed by atoms with Crippen LogP contribution in [-0.4, -0.2) is 30.1 Å². The van der Waals surface area contributed by atoms with Gasteiger partial charge in [-0.3, -0.25) is 4.79 Å². The quantitative estimate of drug-likeness (QED) is 0.767. The molecular formula is C11H10N2O3S. The van der Waals surface area contributed by atoms with Crippen molar-refractivity contribution in [3.63, 3.8) is 0 Å². The smallest absolute Gasteiger partial charge is 0.250 e. The molecule has 0 saturated heterocycles. The first-order chi connectivity index (χ1) is 8.00. The van der Waals surface area contributed by atoms with Gasteiger partial charge in [0, 0.05) is 11.1 Å². The highest BCUT2D eigenvalue weighted by molar-refractivity contribution is 7.89. The van der Waals surface area contributed by atoms with Crippen molar-refractivity contribution < 1.29 is 13.2 Å². The van der Waals surface area contributed by atoms with Gasteiger partial charge in [-0.2, -0.15) is 9.19 Å². The lowest BCUT2D eigenvalue weighted by molar-refractivity contribution is 0.112. The second-order valence-corrected chi connectivity index (χ2v) is 5.44. The fraction of sp³-hybridized carbons (Fsp3) is 0.0909. The third kappa shape index (κ3) is 2.42. The molecule has 0 aliphatic heterocycles. The molecule has 1 heterocycles. The van der Waals surface area contributed by atoms with Gasteiger partial charge < -0.3 is 0 Å². The Labute approximate surface area is 98.7 Å². The fourth-order valence-electron chi connectivity index (χ4n) is 1.39. The van der Waals surface area contributed by atoms with E-state index in [0.717, 1.165) is 22.2 Å². The number of hydrogen-bond acceptors (Lipinski definition) is 4. The van der Waals surface area contributed by atoms with Gasteiger partial charge in [-0.1, -0.05) is 24.3 Å². The SMILES string of the molecule is CS(=O)(=O)n1cc(-c2ccc(C=O)cc2)cn1. The first-order valence-electron chi connectivity index (χ1n) is 4.81. The molecule has 17 heavy (non-hydrogen) atoms. The molecule has 0 aliphatic carbocycles. The zero-order valence-corrected chi connectivity index (χ0v) is 9.89. The van der Waals surface area contributed by atoms with E-state index in [-0.39, 0.29) is 0 Å². The summed E-state index contributed by atoms with van der Waals surface area (Å²) >= 11 is 0. The van der Waals surface area contributed by atoms with Gasteiger partial charge in [0.1, 0.15) is 6.29 Å². The summed E-state index contributed by atoms with van der Waals surface area (Å²) in [5.74, 6) is 0. The van der Waals surface area contributed by atoms with Crippen LogP contribution in [0.5, 0.6) is 0 Å². The van der Waals surface area contributed by atoms with Crippen molar-refractivity contribution in [3.8, 4) is 11.1 Å². The van der Waals surface area contributed by atoms with Crippen LogP contribution in [-0.2, 0) is 10.0 Å². The molecule has 1 aromatic heterocycles. The van der Waals surface area contributed by atoms with Crippen molar-refractivity contribution in [3.05, 3.63) is 42.2 Å². The third-order valence-corrected chi connectivity index (χ3v) is 3.16. The summed E-state index contributed by atoms with van der Waals surface area (Å²) in [6.07, 6.45) is 4.74. The lowest BCUT2D eigenvalue weighted by Crippen LogP contribution is -2.09. The molecule has 0 N–H and O–H groups in total. The first-order valence-corrected chi connectivity index (χ1v) is 6.66. The Hall–Kier alpha value is -1.95.